The fourth-order valence-corrected chi connectivity index (χ4v) is 3.00. The molecule has 0 aromatic heterocycles. The van der Waals surface area contributed by atoms with Crippen LogP contribution in [0.5, 0.6) is 11.5 Å². The van der Waals surface area contributed by atoms with Crippen LogP contribution in [0.1, 0.15) is 30.1 Å². The van der Waals surface area contributed by atoms with E-state index in [9.17, 15) is 13.2 Å². The van der Waals surface area contributed by atoms with E-state index in [0.29, 0.717) is 23.6 Å². The third kappa shape index (κ3) is 6.37. The summed E-state index contributed by atoms with van der Waals surface area (Å²) >= 11 is 0. The number of nitrogens with one attached hydrogen (secondary N) is 1. The van der Waals surface area contributed by atoms with Gasteiger partial charge in [0.25, 0.3) is 5.91 Å². The highest BCUT2D eigenvalue weighted by molar-refractivity contribution is 7.88. The van der Waals surface area contributed by atoms with E-state index in [2.05, 4.69) is 5.32 Å². The molecule has 1 rings (SSSR count). The molecule has 1 N–H and O–H groups in total. The molecule has 0 aliphatic rings. The first kappa shape index (κ1) is 20.2. The van der Waals surface area contributed by atoms with Gasteiger partial charge >= 0.3 is 0 Å². The van der Waals surface area contributed by atoms with Gasteiger partial charge in [0.1, 0.15) is 11.5 Å². The number of rotatable bonds is 10. The zero-order chi connectivity index (χ0) is 18.2. The smallest absolute Gasteiger partial charge is 0.251 e. The molecule has 8 heteroatoms. The minimum Gasteiger partial charge on any atom is -0.497 e. The molecule has 0 aliphatic heterocycles. The van der Waals surface area contributed by atoms with Crippen molar-refractivity contribution in [3.63, 3.8) is 0 Å². The number of nitrogens with zero attached hydrogens (tertiary/aromatic N) is 1. The van der Waals surface area contributed by atoms with Crippen LogP contribution in [0.25, 0.3) is 0 Å². The fourth-order valence-electron chi connectivity index (χ4n) is 2.11. The number of carbonyl (C=O) groups is 1. The Kier molecular flexibility index (Phi) is 8.00. The van der Waals surface area contributed by atoms with Gasteiger partial charge in [-0.25, -0.2) is 12.7 Å². The van der Waals surface area contributed by atoms with Crippen molar-refractivity contribution in [1.29, 1.82) is 0 Å². The fraction of sp³-hybridized carbons (Fsp3) is 0.562. The Bertz CT molecular complexity index is 624. The lowest BCUT2D eigenvalue weighted by atomic mass is 10.2. The van der Waals surface area contributed by atoms with Crippen LogP contribution in [0.4, 0.5) is 0 Å². The zero-order valence-electron chi connectivity index (χ0n) is 14.7. The lowest BCUT2D eigenvalue weighted by Crippen LogP contribution is -2.38. The van der Waals surface area contributed by atoms with Gasteiger partial charge < -0.3 is 14.8 Å². The van der Waals surface area contributed by atoms with Crippen molar-refractivity contribution < 1.29 is 22.7 Å². The van der Waals surface area contributed by atoms with Gasteiger partial charge in [0.15, 0.2) is 0 Å². The molecular weight excluding hydrogens is 332 g/mol. The molecule has 1 aromatic rings. The summed E-state index contributed by atoms with van der Waals surface area (Å²) in [5, 5.41) is 2.72. The maximum Gasteiger partial charge on any atom is 0.251 e. The minimum atomic E-state index is -3.28. The number of methoxy groups -OCH3 is 2. The van der Waals surface area contributed by atoms with E-state index in [0.717, 1.165) is 12.8 Å². The quantitative estimate of drug-likeness (QED) is 0.685. The number of hydrogen-bond donors (Lipinski definition) is 1. The van der Waals surface area contributed by atoms with Gasteiger partial charge in [0.05, 0.1) is 20.5 Å². The highest BCUT2D eigenvalue weighted by atomic mass is 32.2. The summed E-state index contributed by atoms with van der Waals surface area (Å²) in [5.41, 5.74) is 0.394. The van der Waals surface area contributed by atoms with Crippen LogP contribution in [-0.2, 0) is 10.0 Å². The van der Waals surface area contributed by atoms with Gasteiger partial charge in [-0.1, -0.05) is 13.3 Å². The van der Waals surface area contributed by atoms with Crippen LogP contribution in [0.3, 0.4) is 0 Å². The van der Waals surface area contributed by atoms with E-state index < -0.39 is 10.0 Å². The Morgan fingerprint density at radius 1 is 1.12 bits per heavy atom. The molecule has 7 nitrogen and oxygen atoms in total. The molecule has 0 saturated heterocycles. The predicted octanol–water partition coefficient (Wildman–Crippen LogP) is 1.50. The second-order valence-corrected chi connectivity index (χ2v) is 7.36. The number of ether oxygens (including phenoxy) is 2. The van der Waals surface area contributed by atoms with Crippen LogP contribution < -0.4 is 14.8 Å². The largest absolute Gasteiger partial charge is 0.497 e. The summed E-state index contributed by atoms with van der Waals surface area (Å²) < 4.78 is 35.1. The molecule has 0 atom stereocenters. The number of carbonyl (C=O) groups excluding carboxylic acids is 1. The van der Waals surface area contributed by atoms with E-state index >= 15 is 0 Å². The normalized spacial score (nSPS) is 11.4. The van der Waals surface area contributed by atoms with Crippen molar-refractivity contribution in [3.8, 4) is 11.5 Å². The van der Waals surface area contributed by atoms with Gasteiger partial charge in [0, 0.05) is 31.3 Å². The monoisotopic (exact) mass is 358 g/mol. The van der Waals surface area contributed by atoms with Crippen molar-refractivity contribution >= 4 is 15.9 Å². The van der Waals surface area contributed by atoms with Crippen molar-refractivity contribution in [2.45, 2.75) is 19.8 Å². The summed E-state index contributed by atoms with van der Waals surface area (Å²) in [6, 6.07) is 4.87. The lowest BCUT2D eigenvalue weighted by Gasteiger charge is -2.19. The highest BCUT2D eigenvalue weighted by Crippen LogP contribution is 2.22. The molecule has 0 radical (unpaired) electrons. The third-order valence-electron chi connectivity index (χ3n) is 3.49. The van der Waals surface area contributed by atoms with Crippen LogP contribution in [0.15, 0.2) is 18.2 Å². The number of sulfonamides is 1. The molecule has 136 valence electrons. The van der Waals surface area contributed by atoms with Crippen LogP contribution in [0.2, 0.25) is 0 Å². The first-order chi connectivity index (χ1) is 11.3. The summed E-state index contributed by atoms with van der Waals surface area (Å²) in [4.78, 5) is 12.2. The van der Waals surface area contributed by atoms with Gasteiger partial charge in [-0.05, 0) is 18.6 Å². The Morgan fingerprint density at radius 3 is 2.17 bits per heavy atom. The predicted molar refractivity (Wildman–Crippen MR) is 93.2 cm³/mol. The average molecular weight is 358 g/mol. The third-order valence-corrected chi connectivity index (χ3v) is 4.79. The standard InChI is InChI=1S/C16H26N2O5S/c1-5-6-8-18(24(4,20)21)9-7-17-16(19)13-10-14(22-2)12-15(11-13)23-3/h10-12H,5-9H2,1-4H3,(H,17,19). The highest BCUT2D eigenvalue weighted by Gasteiger charge is 2.16. The molecular formula is C16H26N2O5S. The van der Waals surface area contributed by atoms with Gasteiger partial charge in [-0.15, -0.1) is 0 Å². The van der Waals surface area contributed by atoms with E-state index in [1.165, 1.54) is 24.8 Å². The van der Waals surface area contributed by atoms with Crippen molar-refractivity contribution in [2.24, 2.45) is 0 Å². The maximum absolute atomic E-state index is 12.2. The Labute approximate surface area is 144 Å². The molecule has 0 spiro atoms. The van der Waals surface area contributed by atoms with Crippen LogP contribution in [0, 0.1) is 0 Å². The van der Waals surface area contributed by atoms with Crippen molar-refractivity contribution in [1.82, 2.24) is 9.62 Å². The molecule has 1 amide bonds. The van der Waals surface area contributed by atoms with E-state index in [-0.39, 0.29) is 19.0 Å². The topological polar surface area (TPSA) is 84.9 Å². The number of unbranched alkanes of at least 4 members (excludes halogenated alkanes) is 1. The van der Waals surface area contributed by atoms with E-state index in [1.807, 2.05) is 6.92 Å². The molecule has 1 aromatic carbocycles. The molecule has 0 aliphatic carbocycles. The number of benzene rings is 1. The molecule has 0 heterocycles. The van der Waals surface area contributed by atoms with Crippen molar-refractivity contribution in [2.75, 3.05) is 40.1 Å². The SMILES string of the molecule is CCCCN(CCNC(=O)c1cc(OC)cc(OC)c1)S(C)(=O)=O. The summed E-state index contributed by atoms with van der Waals surface area (Å²) in [6.45, 7) is 2.93. The molecule has 24 heavy (non-hydrogen) atoms. The first-order valence-electron chi connectivity index (χ1n) is 7.78. The molecule has 0 fully saturated rings. The number of amides is 1. The Hall–Kier alpha value is -1.80. The zero-order valence-corrected chi connectivity index (χ0v) is 15.5. The first-order valence-corrected chi connectivity index (χ1v) is 9.63. The molecule has 0 saturated carbocycles. The van der Waals surface area contributed by atoms with Gasteiger partial charge in [-0.2, -0.15) is 0 Å². The van der Waals surface area contributed by atoms with E-state index in [4.69, 9.17) is 9.47 Å². The van der Waals surface area contributed by atoms with E-state index in [1.54, 1.807) is 18.2 Å². The van der Waals surface area contributed by atoms with Gasteiger partial charge in [-0.3, -0.25) is 4.79 Å². The Morgan fingerprint density at radius 2 is 1.71 bits per heavy atom. The summed E-state index contributed by atoms with van der Waals surface area (Å²) in [6.07, 6.45) is 2.87. The van der Waals surface area contributed by atoms with Crippen molar-refractivity contribution in [3.05, 3.63) is 23.8 Å². The minimum absolute atomic E-state index is 0.231. The second kappa shape index (κ2) is 9.48. The summed E-state index contributed by atoms with van der Waals surface area (Å²) in [5.74, 6) is 0.719. The average Bonchev–Trinajstić information content (AvgIpc) is 2.55. The molecule has 0 unspecified atom stereocenters. The van der Waals surface area contributed by atoms with Crippen LogP contribution in [-0.4, -0.2) is 58.7 Å². The second-order valence-electron chi connectivity index (χ2n) is 5.37. The van der Waals surface area contributed by atoms with Crippen LogP contribution >= 0.6 is 0 Å². The van der Waals surface area contributed by atoms with Gasteiger partial charge in [0.2, 0.25) is 10.0 Å². The Balaban J connectivity index is 2.68. The molecule has 0 bridgehead atoms. The maximum atomic E-state index is 12.2. The number of hydrogen-bond acceptors (Lipinski definition) is 5. The lowest BCUT2D eigenvalue weighted by molar-refractivity contribution is 0.0951. The summed E-state index contributed by atoms with van der Waals surface area (Å²) in [7, 11) is -0.263.